The first-order chi connectivity index (χ1) is 12.3. The fraction of sp³-hybridized carbons (Fsp3) is 0.333. The maximum absolute atomic E-state index is 13.5. The Balaban J connectivity index is 1.70. The smallest absolute Gasteiger partial charge is 0.376 e. The van der Waals surface area contributed by atoms with Crippen LogP contribution in [-0.4, -0.2) is 30.1 Å². The van der Waals surface area contributed by atoms with Gasteiger partial charge in [0.2, 0.25) is 5.91 Å². The van der Waals surface area contributed by atoms with E-state index in [1.165, 1.54) is 12.3 Å². The van der Waals surface area contributed by atoms with Crippen LogP contribution < -0.4 is 4.90 Å². The van der Waals surface area contributed by atoms with Crippen molar-refractivity contribution in [3.8, 4) is 11.1 Å². The number of amides is 1. The summed E-state index contributed by atoms with van der Waals surface area (Å²) in [4.78, 5) is 18.0. The molecule has 0 aliphatic carbocycles. The van der Waals surface area contributed by atoms with Gasteiger partial charge in [0.1, 0.15) is 5.82 Å². The van der Waals surface area contributed by atoms with Crippen molar-refractivity contribution in [2.24, 2.45) is 0 Å². The van der Waals surface area contributed by atoms with Gasteiger partial charge in [-0.15, -0.1) is 0 Å². The van der Waals surface area contributed by atoms with Crippen LogP contribution in [0.25, 0.3) is 11.1 Å². The number of pyridine rings is 1. The van der Waals surface area contributed by atoms with Crippen molar-refractivity contribution in [3.05, 3.63) is 47.5 Å². The van der Waals surface area contributed by atoms with Crippen LogP contribution in [0.15, 0.2) is 30.5 Å². The number of ether oxygens (including phenoxy) is 1. The summed E-state index contributed by atoms with van der Waals surface area (Å²) < 4.78 is 57.7. The van der Waals surface area contributed by atoms with Gasteiger partial charge in [-0.25, -0.2) is 4.39 Å². The number of fused-ring (bicyclic) bond motifs is 1. The zero-order valence-electron chi connectivity index (χ0n) is 13.5. The van der Waals surface area contributed by atoms with Gasteiger partial charge in [-0.1, -0.05) is 6.07 Å². The molecular formula is C18H14F4N2O2. The van der Waals surface area contributed by atoms with Crippen molar-refractivity contribution in [1.82, 2.24) is 4.98 Å². The van der Waals surface area contributed by atoms with Crippen molar-refractivity contribution < 1.29 is 27.1 Å². The molecule has 0 spiro atoms. The minimum Gasteiger partial charge on any atom is -0.376 e. The molecule has 1 aromatic carbocycles. The molecule has 1 aromatic heterocycles. The first kappa shape index (κ1) is 17.0. The van der Waals surface area contributed by atoms with E-state index < -0.39 is 17.6 Å². The van der Waals surface area contributed by atoms with Crippen LogP contribution in [0.3, 0.4) is 0 Å². The average Bonchev–Trinajstić information content (AvgIpc) is 2.85. The van der Waals surface area contributed by atoms with Crippen molar-refractivity contribution in [1.29, 1.82) is 0 Å². The molecule has 0 saturated carbocycles. The van der Waals surface area contributed by atoms with E-state index >= 15 is 0 Å². The Morgan fingerprint density at radius 3 is 2.65 bits per heavy atom. The molecule has 1 unspecified atom stereocenters. The molecule has 3 heterocycles. The van der Waals surface area contributed by atoms with E-state index in [0.29, 0.717) is 30.1 Å². The summed E-state index contributed by atoms with van der Waals surface area (Å²) in [6.07, 6.45) is -2.40. The Morgan fingerprint density at radius 1 is 1.23 bits per heavy atom. The molecule has 26 heavy (non-hydrogen) atoms. The van der Waals surface area contributed by atoms with Gasteiger partial charge in [-0.2, -0.15) is 13.2 Å². The zero-order valence-corrected chi connectivity index (χ0v) is 13.5. The number of halogens is 4. The molecule has 2 aliphatic heterocycles. The van der Waals surface area contributed by atoms with Gasteiger partial charge in [0.05, 0.1) is 36.0 Å². The molecule has 0 radical (unpaired) electrons. The first-order valence-electron chi connectivity index (χ1n) is 8.11. The molecule has 1 amide bonds. The van der Waals surface area contributed by atoms with E-state index in [9.17, 15) is 22.4 Å². The number of benzene rings is 1. The maximum atomic E-state index is 13.5. The van der Waals surface area contributed by atoms with Crippen LogP contribution in [0.2, 0.25) is 0 Å². The maximum Gasteiger partial charge on any atom is 0.419 e. The lowest BCUT2D eigenvalue weighted by Crippen LogP contribution is -2.41. The van der Waals surface area contributed by atoms with E-state index in [1.54, 1.807) is 11.0 Å². The van der Waals surface area contributed by atoms with Crippen molar-refractivity contribution in [2.75, 3.05) is 18.1 Å². The summed E-state index contributed by atoms with van der Waals surface area (Å²) >= 11 is 0. The monoisotopic (exact) mass is 366 g/mol. The van der Waals surface area contributed by atoms with Gasteiger partial charge in [0, 0.05) is 18.4 Å². The van der Waals surface area contributed by atoms with E-state index in [1.807, 2.05) is 0 Å². The van der Waals surface area contributed by atoms with Crippen LogP contribution >= 0.6 is 0 Å². The number of carbonyl (C=O) groups is 1. The summed E-state index contributed by atoms with van der Waals surface area (Å²) in [5.41, 5.74) is 0.403. The molecular weight excluding hydrogens is 352 g/mol. The lowest BCUT2D eigenvalue weighted by Gasteiger charge is -2.30. The van der Waals surface area contributed by atoms with Crippen LogP contribution in [0, 0.1) is 5.82 Å². The van der Waals surface area contributed by atoms with Gasteiger partial charge in [0.25, 0.3) is 0 Å². The lowest BCUT2D eigenvalue weighted by atomic mass is 10.0. The number of carbonyl (C=O) groups excluding carboxylic acids is 1. The van der Waals surface area contributed by atoms with E-state index in [0.717, 1.165) is 18.6 Å². The minimum atomic E-state index is -4.78. The zero-order chi connectivity index (χ0) is 18.5. The number of rotatable bonds is 3. The number of aromatic nitrogens is 1. The average molecular weight is 366 g/mol. The topological polar surface area (TPSA) is 42.4 Å². The third-order valence-electron chi connectivity index (χ3n) is 4.64. The van der Waals surface area contributed by atoms with Crippen LogP contribution in [0.5, 0.6) is 0 Å². The molecule has 1 atom stereocenters. The Hall–Kier alpha value is -2.48. The Labute approximate surface area is 146 Å². The highest BCUT2D eigenvalue weighted by Gasteiger charge is 2.35. The molecule has 1 fully saturated rings. The largest absolute Gasteiger partial charge is 0.419 e. The molecule has 4 nitrogen and oxygen atoms in total. The molecule has 1 saturated heterocycles. The standard InChI is InChI=1S/C18H14F4N2O2/c19-14-2-1-10(5-13(14)18(20,21)22)11-6-16-15(23-8-11)7-17(25)24(16)9-12-3-4-26-12/h1-2,5-6,8,12H,3-4,7,9H2. The Kier molecular flexibility index (Phi) is 3.95. The second kappa shape index (κ2) is 6.05. The highest BCUT2D eigenvalue weighted by molar-refractivity contribution is 6.01. The normalized spacial score (nSPS) is 19.5. The fourth-order valence-electron chi connectivity index (χ4n) is 3.14. The predicted octanol–water partition coefficient (Wildman–Crippen LogP) is 3.58. The lowest BCUT2D eigenvalue weighted by molar-refractivity contribution is -0.140. The third-order valence-corrected chi connectivity index (χ3v) is 4.64. The Bertz CT molecular complexity index is 878. The highest BCUT2D eigenvalue weighted by atomic mass is 19.4. The minimum absolute atomic E-state index is 0.0313. The predicted molar refractivity (Wildman–Crippen MR) is 85.0 cm³/mol. The number of alkyl halides is 3. The summed E-state index contributed by atoms with van der Waals surface area (Å²) in [7, 11) is 0. The molecule has 2 aliphatic rings. The third kappa shape index (κ3) is 2.94. The summed E-state index contributed by atoms with van der Waals surface area (Å²) in [5.74, 6) is -1.44. The van der Waals surface area contributed by atoms with Gasteiger partial charge in [-0.05, 0) is 30.2 Å². The molecule has 0 bridgehead atoms. The number of nitrogens with zero attached hydrogens (tertiary/aromatic N) is 2. The summed E-state index contributed by atoms with van der Waals surface area (Å²) in [6, 6.07) is 4.44. The quantitative estimate of drug-likeness (QED) is 0.780. The second-order valence-electron chi connectivity index (χ2n) is 6.34. The molecule has 2 aromatic rings. The van der Waals surface area contributed by atoms with Crippen LogP contribution in [-0.2, 0) is 22.1 Å². The number of hydrogen-bond acceptors (Lipinski definition) is 3. The SMILES string of the molecule is O=C1Cc2ncc(-c3ccc(F)c(C(F)(F)F)c3)cc2N1CC1CCO1. The van der Waals surface area contributed by atoms with E-state index in [4.69, 9.17) is 4.74 Å². The van der Waals surface area contributed by atoms with Crippen molar-refractivity contribution in [2.45, 2.75) is 25.1 Å². The first-order valence-corrected chi connectivity index (χ1v) is 8.11. The van der Waals surface area contributed by atoms with Crippen LogP contribution in [0.1, 0.15) is 17.7 Å². The van der Waals surface area contributed by atoms with E-state index in [-0.39, 0.29) is 24.0 Å². The van der Waals surface area contributed by atoms with Gasteiger partial charge >= 0.3 is 6.18 Å². The molecule has 4 rings (SSSR count). The Morgan fingerprint density at radius 2 is 2.00 bits per heavy atom. The van der Waals surface area contributed by atoms with Gasteiger partial charge in [0.15, 0.2) is 0 Å². The molecule has 136 valence electrons. The van der Waals surface area contributed by atoms with E-state index in [2.05, 4.69) is 4.98 Å². The number of hydrogen-bond donors (Lipinski definition) is 0. The number of anilines is 1. The van der Waals surface area contributed by atoms with Gasteiger partial charge < -0.3 is 9.64 Å². The highest BCUT2D eigenvalue weighted by Crippen LogP contribution is 2.36. The van der Waals surface area contributed by atoms with Crippen molar-refractivity contribution >= 4 is 11.6 Å². The van der Waals surface area contributed by atoms with Crippen molar-refractivity contribution in [3.63, 3.8) is 0 Å². The fourth-order valence-corrected chi connectivity index (χ4v) is 3.14. The second-order valence-corrected chi connectivity index (χ2v) is 6.34. The van der Waals surface area contributed by atoms with Crippen LogP contribution in [0.4, 0.5) is 23.2 Å². The molecule has 0 N–H and O–H groups in total. The summed E-state index contributed by atoms with van der Waals surface area (Å²) in [5, 5.41) is 0. The van der Waals surface area contributed by atoms with Gasteiger partial charge in [-0.3, -0.25) is 9.78 Å². The summed E-state index contributed by atoms with van der Waals surface area (Å²) in [6.45, 7) is 1.06. The molecule has 8 heteroatoms.